The predicted octanol–water partition coefficient (Wildman–Crippen LogP) is 2.57. The van der Waals surface area contributed by atoms with Crippen molar-refractivity contribution < 1.29 is 4.74 Å². The summed E-state index contributed by atoms with van der Waals surface area (Å²) in [6.07, 6.45) is 5.38. The van der Waals surface area contributed by atoms with E-state index < -0.39 is 0 Å². The van der Waals surface area contributed by atoms with Crippen LogP contribution in [0.25, 0.3) is 10.9 Å². The third-order valence-electron chi connectivity index (χ3n) is 3.28. The van der Waals surface area contributed by atoms with Gasteiger partial charge in [0.2, 0.25) is 0 Å². The molecule has 0 saturated carbocycles. The molecule has 0 aliphatic carbocycles. The van der Waals surface area contributed by atoms with Gasteiger partial charge in [0.25, 0.3) is 0 Å². The Labute approximate surface area is 109 Å². The summed E-state index contributed by atoms with van der Waals surface area (Å²) in [5.41, 5.74) is 8.39. The SMILES string of the molecule is COCCCCn1ccc2cccc(CCN)c21. The minimum Gasteiger partial charge on any atom is -0.385 e. The van der Waals surface area contributed by atoms with Crippen LogP contribution in [0.2, 0.25) is 0 Å². The standard InChI is InChI=1S/C15H22N2O/c1-18-12-3-2-10-17-11-8-14-6-4-5-13(7-9-16)15(14)17/h4-6,8,11H,2-3,7,9-10,12,16H2,1H3. The highest BCUT2D eigenvalue weighted by molar-refractivity contribution is 5.83. The zero-order chi connectivity index (χ0) is 12.8. The van der Waals surface area contributed by atoms with Crippen molar-refractivity contribution in [1.29, 1.82) is 0 Å². The number of para-hydroxylation sites is 1. The first-order valence-electron chi connectivity index (χ1n) is 6.62. The van der Waals surface area contributed by atoms with Crippen molar-refractivity contribution in [1.82, 2.24) is 4.57 Å². The number of rotatable bonds is 7. The van der Waals surface area contributed by atoms with Gasteiger partial charge in [0.15, 0.2) is 0 Å². The van der Waals surface area contributed by atoms with Crippen molar-refractivity contribution in [2.24, 2.45) is 5.73 Å². The molecule has 1 heterocycles. The van der Waals surface area contributed by atoms with E-state index in [1.165, 1.54) is 16.5 Å². The molecule has 0 aliphatic heterocycles. The molecule has 2 rings (SSSR count). The lowest BCUT2D eigenvalue weighted by atomic mass is 10.1. The van der Waals surface area contributed by atoms with Gasteiger partial charge in [-0.1, -0.05) is 18.2 Å². The zero-order valence-electron chi connectivity index (χ0n) is 11.1. The molecule has 0 bridgehead atoms. The molecule has 0 aliphatic rings. The van der Waals surface area contributed by atoms with Gasteiger partial charge in [0, 0.05) is 26.5 Å². The van der Waals surface area contributed by atoms with Crippen LogP contribution in [0, 0.1) is 0 Å². The summed E-state index contributed by atoms with van der Waals surface area (Å²) < 4.78 is 7.43. The van der Waals surface area contributed by atoms with E-state index in [0.717, 1.165) is 32.4 Å². The molecule has 0 fully saturated rings. The van der Waals surface area contributed by atoms with Gasteiger partial charge in [0.1, 0.15) is 0 Å². The molecule has 0 spiro atoms. The number of nitrogens with two attached hydrogens (primary N) is 1. The van der Waals surface area contributed by atoms with Gasteiger partial charge in [-0.15, -0.1) is 0 Å². The molecule has 3 heteroatoms. The summed E-state index contributed by atoms with van der Waals surface area (Å²) in [5, 5.41) is 1.31. The number of fused-ring (bicyclic) bond motifs is 1. The molecule has 0 unspecified atom stereocenters. The van der Waals surface area contributed by atoms with Gasteiger partial charge in [0.05, 0.1) is 5.52 Å². The molecule has 0 amide bonds. The van der Waals surface area contributed by atoms with Crippen LogP contribution < -0.4 is 5.73 Å². The summed E-state index contributed by atoms with van der Waals surface area (Å²) in [6, 6.07) is 8.65. The lowest BCUT2D eigenvalue weighted by molar-refractivity contribution is 0.191. The van der Waals surface area contributed by atoms with Crippen LogP contribution in [0.4, 0.5) is 0 Å². The Morgan fingerprint density at radius 3 is 2.89 bits per heavy atom. The second-order valence-electron chi connectivity index (χ2n) is 4.60. The molecule has 0 radical (unpaired) electrons. The number of methoxy groups -OCH3 is 1. The lowest BCUT2D eigenvalue weighted by Crippen LogP contribution is -2.05. The Hall–Kier alpha value is -1.32. The maximum Gasteiger partial charge on any atom is 0.0513 e. The van der Waals surface area contributed by atoms with Crippen LogP contribution >= 0.6 is 0 Å². The second kappa shape index (κ2) is 6.57. The molecule has 2 N–H and O–H groups in total. The Morgan fingerprint density at radius 2 is 2.11 bits per heavy atom. The van der Waals surface area contributed by atoms with E-state index in [9.17, 15) is 0 Å². The topological polar surface area (TPSA) is 40.2 Å². The molecule has 98 valence electrons. The Morgan fingerprint density at radius 1 is 1.22 bits per heavy atom. The number of aryl methyl sites for hydroxylation is 1. The van der Waals surface area contributed by atoms with E-state index in [-0.39, 0.29) is 0 Å². The second-order valence-corrected chi connectivity index (χ2v) is 4.60. The van der Waals surface area contributed by atoms with Gasteiger partial charge < -0.3 is 15.0 Å². The zero-order valence-corrected chi connectivity index (χ0v) is 11.1. The molecular formula is C15H22N2O. The van der Waals surface area contributed by atoms with E-state index in [4.69, 9.17) is 10.5 Å². The van der Waals surface area contributed by atoms with Crippen LogP contribution in [-0.4, -0.2) is 24.8 Å². The fraction of sp³-hybridized carbons (Fsp3) is 0.467. The number of hydrogen-bond acceptors (Lipinski definition) is 2. The summed E-state index contributed by atoms with van der Waals surface area (Å²) in [7, 11) is 1.75. The number of aromatic nitrogens is 1. The van der Waals surface area contributed by atoms with E-state index in [0.29, 0.717) is 6.54 Å². The minimum atomic E-state index is 0.702. The van der Waals surface area contributed by atoms with Crippen molar-refractivity contribution >= 4 is 10.9 Å². The maximum absolute atomic E-state index is 5.68. The van der Waals surface area contributed by atoms with Gasteiger partial charge in [-0.3, -0.25) is 0 Å². The minimum absolute atomic E-state index is 0.702. The number of unbranched alkanes of at least 4 members (excludes halogenated alkanes) is 1. The van der Waals surface area contributed by atoms with Crippen molar-refractivity contribution in [2.45, 2.75) is 25.8 Å². The van der Waals surface area contributed by atoms with Crippen molar-refractivity contribution in [2.75, 3.05) is 20.3 Å². The highest BCUT2D eigenvalue weighted by Crippen LogP contribution is 2.21. The van der Waals surface area contributed by atoms with E-state index in [1.807, 2.05) is 0 Å². The van der Waals surface area contributed by atoms with Crippen LogP contribution in [-0.2, 0) is 17.7 Å². The summed E-state index contributed by atoms with van der Waals surface area (Å²) in [6.45, 7) is 2.59. The molecule has 1 aromatic carbocycles. The number of hydrogen-bond donors (Lipinski definition) is 1. The number of ether oxygens (including phenoxy) is 1. The molecule has 0 saturated heterocycles. The van der Waals surface area contributed by atoms with Crippen molar-refractivity contribution in [3.05, 3.63) is 36.0 Å². The molecule has 3 nitrogen and oxygen atoms in total. The first kappa shape index (κ1) is 13.1. The third kappa shape index (κ3) is 2.92. The number of nitrogens with zero attached hydrogens (tertiary/aromatic N) is 1. The average molecular weight is 246 g/mol. The van der Waals surface area contributed by atoms with Crippen LogP contribution in [0.15, 0.2) is 30.5 Å². The quantitative estimate of drug-likeness (QED) is 0.763. The average Bonchev–Trinajstić information content (AvgIpc) is 2.80. The first-order valence-corrected chi connectivity index (χ1v) is 6.62. The number of benzene rings is 1. The molecular weight excluding hydrogens is 224 g/mol. The largest absolute Gasteiger partial charge is 0.385 e. The molecule has 1 aromatic heterocycles. The Kier molecular flexibility index (Phi) is 4.79. The van der Waals surface area contributed by atoms with Gasteiger partial charge >= 0.3 is 0 Å². The van der Waals surface area contributed by atoms with Gasteiger partial charge in [-0.25, -0.2) is 0 Å². The van der Waals surface area contributed by atoms with E-state index in [2.05, 4.69) is 35.0 Å². The van der Waals surface area contributed by atoms with Crippen LogP contribution in [0.1, 0.15) is 18.4 Å². The van der Waals surface area contributed by atoms with Crippen molar-refractivity contribution in [3.63, 3.8) is 0 Å². The normalized spacial score (nSPS) is 11.2. The third-order valence-corrected chi connectivity index (χ3v) is 3.28. The smallest absolute Gasteiger partial charge is 0.0513 e. The van der Waals surface area contributed by atoms with E-state index >= 15 is 0 Å². The Bertz CT molecular complexity index is 490. The van der Waals surface area contributed by atoms with E-state index in [1.54, 1.807) is 7.11 Å². The highest BCUT2D eigenvalue weighted by atomic mass is 16.5. The predicted molar refractivity (Wildman–Crippen MR) is 75.8 cm³/mol. The Balaban J connectivity index is 2.16. The summed E-state index contributed by atoms with van der Waals surface area (Å²) in [5.74, 6) is 0. The van der Waals surface area contributed by atoms with Gasteiger partial charge in [-0.2, -0.15) is 0 Å². The van der Waals surface area contributed by atoms with Crippen LogP contribution in [0.3, 0.4) is 0 Å². The van der Waals surface area contributed by atoms with Crippen molar-refractivity contribution in [3.8, 4) is 0 Å². The van der Waals surface area contributed by atoms with Crippen LogP contribution in [0.5, 0.6) is 0 Å². The monoisotopic (exact) mass is 246 g/mol. The van der Waals surface area contributed by atoms with Gasteiger partial charge in [-0.05, 0) is 42.8 Å². The molecule has 0 atom stereocenters. The molecule has 18 heavy (non-hydrogen) atoms. The summed E-state index contributed by atoms with van der Waals surface area (Å²) in [4.78, 5) is 0. The summed E-state index contributed by atoms with van der Waals surface area (Å²) >= 11 is 0. The first-order chi connectivity index (χ1) is 8.86. The fourth-order valence-corrected chi connectivity index (χ4v) is 2.41. The lowest BCUT2D eigenvalue weighted by Gasteiger charge is -2.09. The fourth-order valence-electron chi connectivity index (χ4n) is 2.41. The highest BCUT2D eigenvalue weighted by Gasteiger charge is 2.05. The maximum atomic E-state index is 5.68. The molecule has 2 aromatic rings.